The molecule has 1 atom stereocenters. The lowest BCUT2D eigenvalue weighted by molar-refractivity contribution is 0.00511. The van der Waals surface area contributed by atoms with Gasteiger partial charge in [0.25, 0.3) is 0 Å². The van der Waals surface area contributed by atoms with E-state index in [1.54, 1.807) is 7.11 Å². The third-order valence-electron chi connectivity index (χ3n) is 6.65. The molecule has 0 spiro atoms. The van der Waals surface area contributed by atoms with Gasteiger partial charge in [-0.15, -0.1) is 0 Å². The average molecular weight is 439 g/mol. The number of piperazine rings is 1. The van der Waals surface area contributed by atoms with Gasteiger partial charge in [-0.25, -0.2) is 0 Å². The van der Waals surface area contributed by atoms with E-state index < -0.39 is 0 Å². The van der Waals surface area contributed by atoms with Crippen LogP contribution in [0.3, 0.4) is 0 Å². The molecule has 0 aliphatic carbocycles. The molecule has 0 aromatic heterocycles. The van der Waals surface area contributed by atoms with Crippen LogP contribution in [0.5, 0.6) is 17.2 Å². The predicted molar refractivity (Wildman–Crippen MR) is 129 cm³/mol. The van der Waals surface area contributed by atoms with Gasteiger partial charge >= 0.3 is 0 Å². The Morgan fingerprint density at radius 2 is 1.72 bits per heavy atom. The van der Waals surface area contributed by atoms with Crippen molar-refractivity contribution in [3.8, 4) is 17.2 Å². The molecule has 5 nitrogen and oxygen atoms in total. The Morgan fingerprint density at radius 1 is 1.00 bits per heavy atom. The summed E-state index contributed by atoms with van der Waals surface area (Å²) < 4.78 is 17.4. The zero-order chi connectivity index (χ0) is 22.9. The summed E-state index contributed by atoms with van der Waals surface area (Å²) in [5.74, 6) is 2.83. The minimum absolute atomic E-state index is 0.108. The van der Waals surface area contributed by atoms with Crippen molar-refractivity contribution in [1.29, 1.82) is 0 Å². The zero-order valence-electron chi connectivity index (χ0n) is 20.5. The lowest BCUT2D eigenvalue weighted by atomic mass is 9.88. The van der Waals surface area contributed by atoms with Crippen LogP contribution in [0.2, 0.25) is 0 Å². The molecule has 2 heterocycles. The van der Waals surface area contributed by atoms with Crippen molar-refractivity contribution >= 4 is 0 Å². The van der Waals surface area contributed by atoms with E-state index in [0.717, 1.165) is 43.4 Å². The molecule has 1 fully saturated rings. The molecule has 2 aliphatic heterocycles. The Hall–Kier alpha value is -2.24. The summed E-state index contributed by atoms with van der Waals surface area (Å²) in [6.07, 6.45) is 0. The van der Waals surface area contributed by atoms with E-state index in [2.05, 4.69) is 74.8 Å². The van der Waals surface area contributed by atoms with Crippen LogP contribution in [0.1, 0.15) is 63.3 Å². The average Bonchev–Trinajstić information content (AvgIpc) is 2.78. The van der Waals surface area contributed by atoms with Gasteiger partial charge in [-0.3, -0.25) is 9.80 Å². The first kappa shape index (κ1) is 22.9. The van der Waals surface area contributed by atoms with Crippen LogP contribution in [-0.2, 0) is 6.54 Å². The fourth-order valence-electron chi connectivity index (χ4n) is 5.09. The molecule has 1 saturated heterocycles. The molecular formula is C27H38N2O3. The number of nitrogens with zero attached hydrogens (tertiary/aromatic N) is 2. The second-order valence-corrected chi connectivity index (χ2v) is 10.2. The minimum atomic E-state index is 0.108. The second-order valence-electron chi connectivity index (χ2n) is 10.2. The Labute approximate surface area is 193 Å². The Morgan fingerprint density at radius 3 is 2.41 bits per heavy atom. The summed E-state index contributed by atoms with van der Waals surface area (Å²) in [5, 5.41) is 0. The molecule has 0 bridgehead atoms. The highest BCUT2D eigenvalue weighted by Crippen LogP contribution is 2.43. The molecule has 1 unspecified atom stereocenters. The van der Waals surface area contributed by atoms with Crippen LogP contribution >= 0.6 is 0 Å². The largest absolute Gasteiger partial charge is 0.493 e. The highest BCUT2D eigenvalue weighted by atomic mass is 16.6. The van der Waals surface area contributed by atoms with Crippen LogP contribution in [-0.4, -0.2) is 55.3 Å². The Kier molecular flexibility index (Phi) is 6.68. The standard InChI is InChI=1S/C27H38N2O3/c1-19(2)21-9-7-8-10-22(21)23-18-28(13-14-29(23)27(3,4)5)17-20-11-12-24(30-6)26-25(20)31-15-16-32-26/h7-12,19,23H,13-18H2,1-6H3. The van der Waals surface area contributed by atoms with Gasteiger partial charge in [0.05, 0.1) is 7.11 Å². The number of fused-ring (bicyclic) bond motifs is 1. The van der Waals surface area contributed by atoms with Gasteiger partial charge in [-0.1, -0.05) is 44.2 Å². The maximum atomic E-state index is 6.03. The van der Waals surface area contributed by atoms with Gasteiger partial charge in [-0.2, -0.15) is 0 Å². The Bertz CT molecular complexity index is 935. The van der Waals surface area contributed by atoms with E-state index in [-0.39, 0.29) is 5.54 Å². The van der Waals surface area contributed by atoms with Crippen LogP contribution in [0.4, 0.5) is 0 Å². The van der Waals surface area contributed by atoms with Gasteiger partial charge in [0.15, 0.2) is 11.5 Å². The molecule has 0 N–H and O–H groups in total. The Balaban J connectivity index is 1.63. The third kappa shape index (κ3) is 4.60. The summed E-state index contributed by atoms with van der Waals surface area (Å²) in [5.41, 5.74) is 4.18. The molecule has 0 amide bonds. The monoisotopic (exact) mass is 438 g/mol. The van der Waals surface area contributed by atoms with E-state index in [1.165, 1.54) is 16.7 Å². The topological polar surface area (TPSA) is 34.2 Å². The van der Waals surface area contributed by atoms with Crippen molar-refractivity contribution < 1.29 is 14.2 Å². The highest BCUT2D eigenvalue weighted by molar-refractivity contribution is 5.56. The maximum absolute atomic E-state index is 6.03. The number of rotatable bonds is 5. The van der Waals surface area contributed by atoms with Crippen molar-refractivity contribution in [1.82, 2.24) is 9.80 Å². The summed E-state index contributed by atoms with van der Waals surface area (Å²) in [7, 11) is 1.68. The van der Waals surface area contributed by atoms with Gasteiger partial charge < -0.3 is 14.2 Å². The number of hydrogen-bond donors (Lipinski definition) is 0. The van der Waals surface area contributed by atoms with Crippen molar-refractivity contribution in [2.75, 3.05) is 40.0 Å². The number of ether oxygens (including phenoxy) is 3. The molecule has 5 heteroatoms. The van der Waals surface area contributed by atoms with Gasteiger partial charge in [0, 0.05) is 43.3 Å². The van der Waals surface area contributed by atoms with Crippen LogP contribution < -0.4 is 14.2 Å². The van der Waals surface area contributed by atoms with Gasteiger partial charge in [0.2, 0.25) is 5.75 Å². The normalized spacial score (nSPS) is 19.9. The highest BCUT2D eigenvalue weighted by Gasteiger charge is 2.36. The first-order valence-corrected chi connectivity index (χ1v) is 11.8. The molecule has 0 radical (unpaired) electrons. The number of methoxy groups -OCH3 is 1. The summed E-state index contributed by atoms with van der Waals surface area (Å²) in [6.45, 7) is 16.6. The number of hydrogen-bond acceptors (Lipinski definition) is 5. The third-order valence-corrected chi connectivity index (χ3v) is 6.65. The summed E-state index contributed by atoms with van der Waals surface area (Å²) >= 11 is 0. The minimum Gasteiger partial charge on any atom is -0.493 e. The van der Waals surface area contributed by atoms with Crippen molar-refractivity contribution in [3.63, 3.8) is 0 Å². The van der Waals surface area contributed by atoms with Crippen molar-refractivity contribution in [3.05, 3.63) is 53.1 Å². The number of benzene rings is 2. The van der Waals surface area contributed by atoms with Crippen LogP contribution in [0.25, 0.3) is 0 Å². The van der Waals surface area contributed by atoms with Crippen molar-refractivity contribution in [2.24, 2.45) is 0 Å². The lowest BCUT2D eigenvalue weighted by Gasteiger charge is -2.49. The van der Waals surface area contributed by atoms with Crippen LogP contribution in [0, 0.1) is 0 Å². The van der Waals surface area contributed by atoms with Crippen molar-refractivity contribution in [2.45, 2.75) is 58.7 Å². The predicted octanol–water partition coefficient (Wildman–Crippen LogP) is 5.25. The second kappa shape index (κ2) is 9.32. The van der Waals surface area contributed by atoms with E-state index in [4.69, 9.17) is 14.2 Å². The summed E-state index contributed by atoms with van der Waals surface area (Å²) in [6, 6.07) is 13.5. The van der Waals surface area contributed by atoms with E-state index in [9.17, 15) is 0 Å². The van der Waals surface area contributed by atoms with E-state index >= 15 is 0 Å². The smallest absolute Gasteiger partial charge is 0.204 e. The summed E-state index contributed by atoms with van der Waals surface area (Å²) in [4.78, 5) is 5.23. The van der Waals surface area contributed by atoms with Gasteiger partial charge in [-0.05, 0) is 43.9 Å². The SMILES string of the molecule is COc1ccc(CN2CCN(C(C)(C)C)C(c3ccccc3C(C)C)C2)c2c1OCCO2. The first-order chi connectivity index (χ1) is 15.3. The molecule has 4 rings (SSSR count). The van der Waals surface area contributed by atoms with Crippen LogP contribution in [0.15, 0.2) is 36.4 Å². The van der Waals surface area contributed by atoms with E-state index in [0.29, 0.717) is 25.2 Å². The van der Waals surface area contributed by atoms with E-state index in [1.807, 2.05) is 6.07 Å². The van der Waals surface area contributed by atoms with Gasteiger partial charge in [0.1, 0.15) is 13.2 Å². The fraction of sp³-hybridized carbons (Fsp3) is 0.556. The molecule has 174 valence electrons. The maximum Gasteiger partial charge on any atom is 0.204 e. The first-order valence-electron chi connectivity index (χ1n) is 11.8. The fourth-order valence-corrected chi connectivity index (χ4v) is 5.09. The molecule has 32 heavy (non-hydrogen) atoms. The lowest BCUT2D eigenvalue weighted by Crippen LogP contribution is -2.55. The zero-order valence-corrected chi connectivity index (χ0v) is 20.5. The molecule has 2 aliphatic rings. The molecule has 2 aromatic rings. The molecular weight excluding hydrogens is 400 g/mol. The molecule has 0 saturated carbocycles. The quantitative estimate of drug-likeness (QED) is 0.637. The molecule has 2 aromatic carbocycles.